The van der Waals surface area contributed by atoms with Crippen LogP contribution in [0.25, 0.3) is 21.9 Å². The van der Waals surface area contributed by atoms with Crippen LogP contribution in [0.15, 0.2) is 90.1 Å². The van der Waals surface area contributed by atoms with E-state index < -0.39 is 32.9 Å². The largest absolute Gasteiger partial charge is 0.627 e. The fraction of sp³-hybridized carbons (Fsp3) is 0.258. The van der Waals surface area contributed by atoms with Gasteiger partial charge in [-0.15, -0.1) is 0 Å². The number of piperazine rings is 1. The van der Waals surface area contributed by atoms with Gasteiger partial charge in [0.2, 0.25) is 10.0 Å². The number of aromatic nitrogens is 1. The molecule has 4 aromatic rings. The lowest BCUT2D eigenvalue weighted by atomic mass is 10.0. The Morgan fingerprint density at radius 2 is 1.60 bits per heavy atom. The number of benzene rings is 3. The third kappa shape index (κ3) is 6.77. The van der Waals surface area contributed by atoms with Crippen LogP contribution in [0.2, 0.25) is 5.02 Å². The Kier molecular flexibility index (Phi) is 9.21. The topological polar surface area (TPSA) is 118 Å². The first-order valence-electron chi connectivity index (χ1n) is 13.8. The van der Waals surface area contributed by atoms with E-state index in [1.54, 1.807) is 86.0 Å². The smallest absolute Gasteiger partial charge is 0.336 e. The van der Waals surface area contributed by atoms with Crippen LogP contribution in [0.5, 0.6) is 0 Å². The summed E-state index contributed by atoms with van der Waals surface area (Å²) in [5, 5.41) is 14.3. The zero-order chi connectivity index (χ0) is 30.7. The molecule has 1 aliphatic heterocycles. The molecule has 2 amide bonds. The van der Waals surface area contributed by atoms with Gasteiger partial charge in [0.1, 0.15) is 0 Å². The lowest BCUT2D eigenvalue weighted by Crippen LogP contribution is -3.12. The molecule has 10 nitrogen and oxygen atoms in total. The average Bonchev–Trinajstić information content (AvgIpc) is 3.02. The minimum Gasteiger partial charge on any atom is -0.627 e. The predicted molar refractivity (Wildman–Crippen MR) is 165 cm³/mol. The van der Waals surface area contributed by atoms with E-state index in [2.05, 4.69) is 4.98 Å². The van der Waals surface area contributed by atoms with Crippen LogP contribution in [0.4, 0.5) is 0 Å². The number of quaternary nitrogens is 1. The molecule has 0 saturated carbocycles. The maximum absolute atomic E-state index is 13.8. The number of nitrogens with one attached hydrogen (secondary N) is 1. The quantitative estimate of drug-likeness (QED) is 0.301. The summed E-state index contributed by atoms with van der Waals surface area (Å²) in [4.78, 5) is 34.4. The van der Waals surface area contributed by atoms with Crippen molar-refractivity contribution in [2.75, 3.05) is 46.8 Å². The second kappa shape index (κ2) is 12.9. The fourth-order valence-electron chi connectivity index (χ4n) is 5.10. The molecule has 2 unspecified atom stereocenters. The number of carbonyl (C=O) groups excluding carboxylic acids is 2. The number of amides is 2. The predicted octanol–water partition coefficient (Wildman–Crippen LogP) is 2.54. The molecule has 0 spiro atoms. The Morgan fingerprint density at radius 1 is 0.953 bits per heavy atom. The van der Waals surface area contributed by atoms with Gasteiger partial charge in [0, 0.05) is 49.2 Å². The molecule has 12 heteroatoms. The highest BCUT2D eigenvalue weighted by Crippen LogP contribution is 2.27. The molecule has 1 saturated heterocycles. The SMILES string of the molecule is CN(C)CC[NH+]([O-])C(=O)C1CN(S(=O)(=O)c2ccc3cc(Cl)ccc3c2)CCN1C(=O)c1ccc(-c2ccncc2)cc1. The molecular formula is C31H32ClN5O5S. The van der Waals surface area contributed by atoms with Crippen molar-refractivity contribution in [2.45, 2.75) is 10.9 Å². The van der Waals surface area contributed by atoms with Crippen molar-refractivity contribution in [1.29, 1.82) is 0 Å². The van der Waals surface area contributed by atoms with Gasteiger partial charge in [-0.3, -0.25) is 9.78 Å². The first-order valence-corrected chi connectivity index (χ1v) is 15.6. The van der Waals surface area contributed by atoms with Gasteiger partial charge in [-0.05, 0) is 84.5 Å². The summed E-state index contributed by atoms with van der Waals surface area (Å²) in [6.07, 6.45) is 3.36. The van der Waals surface area contributed by atoms with Crippen molar-refractivity contribution >= 4 is 44.2 Å². The highest BCUT2D eigenvalue weighted by molar-refractivity contribution is 7.89. The zero-order valence-corrected chi connectivity index (χ0v) is 25.4. The summed E-state index contributed by atoms with van der Waals surface area (Å²) in [5.74, 6) is -1.23. The molecule has 1 fully saturated rings. The van der Waals surface area contributed by atoms with E-state index in [9.17, 15) is 23.2 Å². The molecule has 2 heterocycles. The fourth-order valence-corrected chi connectivity index (χ4v) is 6.75. The normalized spacial score (nSPS) is 16.9. The molecule has 0 radical (unpaired) electrons. The van der Waals surface area contributed by atoms with Crippen molar-refractivity contribution in [3.8, 4) is 11.1 Å². The summed E-state index contributed by atoms with van der Waals surface area (Å²) in [5.41, 5.74) is 2.16. The number of pyridine rings is 1. The van der Waals surface area contributed by atoms with E-state index >= 15 is 0 Å². The number of hydroxylamine groups is 2. The second-order valence-corrected chi connectivity index (χ2v) is 13.1. The van der Waals surface area contributed by atoms with Crippen LogP contribution in [-0.2, 0) is 14.8 Å². The number of sulfonamides is 1. The standard InChI is InChI=1S/C31H32ClN5O5S/c1-34(2)15-18-37(40)31(39)29-21-35(43(41,42)28-10-8-25-19-27(32)9-7-26(25)20-28)16-17-36(29)30(38)24-5-3-22(4-6-24)23-11-13-33-14-12-23/h3-14,19-20,29,37H,15-18,21H2,1-2H3. The van der Waals surface area contributed by atoms with Crippen molar-refractivity contribution in [2.24, 2.45) is 0 Å². The highest BCUT2D eigenvalue weighted by Gasteiger charge is 2.42. The van der Waals surface area contributed by atoms with Gasteiger partial charge in [0.25, 0.3) is 5.91 Å². The van der Waals surface area contributed by atoms with Gasteiger partial charge in [-0.25, -0.2) is 13.2 Å². The Labute approximate surface area is 255 Å². The molecule has 2 atom stereocenters. The van der Waals surface area contributed by atoms with E-state index in [-0.39, 0.29) is 31.1 Å². The first kappa shape index (κ1) is 30.7. The molecule has 1 N–H and O–H groups in total. The number of nitrogens with zero attached hydrogens (tertiary/aromatic N) is 4. The van der Waals surface area contributed by atoms with Gasteiger partial charge in [-0.1, -0.05) is 35.9 Å². The van der Waals surface area contributed by atoms with E-state index in [0.29, 0.717) is 22.5 Å². The van der Waals surface area contributed by atoms with Gasteiger partial charge in [0.15, 0.2) is 6.04 Å². The Hall–Kier alpha value is -3.71. The van der Waals surface area contributed by atoms with E-state index in [4.69, 9.17) is 11.6 Å². The molecule has 0 bridgehead atoms. The molecule has 1 aromatic heterocycles. The van der Waals surface area contributed by atoms with Crippen LogP contribution < -0.4 is 5.06 Å². The van der Waals surface area contributed by atoms with E-state index in [1.165, 1.54) is 15.3 Å². The van der Waals surface area contributed by atoms with Crippen molar-refractivity contribution in [3.05, 3.63) is 101 Å². The van der Waals surface area contributed by atoms with Gasteiger partial charge >= 0.3 is 5.91 Å². The molecule has 5 rings (SSSR count). The monoisotopic (exact) mass is 621 g/mol. The summed E-state index contributed by atoms with van der Waals surface area (Å²) in [6, 6.07) is 19.3. The number of likely N-dealkylation sites (N-methyl/N-ethyl adjacent to an activating group) is 1. The van der Waals surface area contributed by atoms with Crippen molar-refractivity contribution in [3.63, 3.8) is 0 Å². The van der Waals surface area contributed by atoms with Crippen LogP contribution in [0.1, 0.15) is 10.4 Å². The van der Waals surface area contributed by atoms with Crippen LogP contribution >= 0.6 is 11.6 Å². The summed E-state index contributed by atoms with van der Waals surface area (Å²) in [6.45, 7) is -0.0909. The summed E-state index contributed by atoms with van der Waals surface area (Å²) >= 11 is 6.08. The van der Waals surface area contributed by atoms with Crippen LogP contribution in [0.3, 0.4) is 0 Å². The number of fused-ring (bicyclic) bond motifs is 1. The molecule has 0 aliphatic carbocycles. The van der Waals surface area contributed by atoms with Crippen molar-refractivity contribution < 1.29 is 23.1 Å². The van der Waals surface area contributed by atoms with E-state index in [1.807, 2.05) is 12.1 Å². The third-order valence-corrected chi connectivity index (χ3v) is 9.62. The lowest BCUT2D eigenvalue weighted by molar-refractivity contribution is -0.766. The van der Waals surface area contributed by atoms with Crippen molar-refractivity contribution in [1.82, 2.24) is 19.1 Å². The summed E-state index contributed by atoms with van der Waals surface area (Å²) < 4.78 is 28.7. The summed E-state index contributed by atoms with van der Waals surface area (Å²) in [7, 11) is -0.471. The minimum atomic E-state index is -4.05. The Morgan fingerprint density at radius 3 is 2.30 bits per heavy atom. The molecule has 1 aliphatic rings. The number of carbonyl (C=O) groups is 2. The van der Waals surface area contributed by atoms with Gasteiger partial charge in [0.05, 0.1) is 11.4 Å². The second-order valence-electron chi connectivity index (χ2n) is 10.7. The zero-order valence-electron chi connectivity index (χ0n) is 23.8. The molecule has 224 valence electrons. The maximum Gasteiger partial charge on any atom is 0.336 e. The lowest BCUT2D eigenvalue weighted by Gasteiger charge is -2.40. The average molecular weight is 622 g/mol. The van der Waals surface area contributed by atoms with Gasteiger partial charge in [-0.2, -0.15) is 4.31 Å². The number of rotatable bonds is 8. The Balaban J connectivity index is 1.42. The van der Waals surface area contributed by atoms with E-state index in [0.717, 1.165) is 16.5 Å². The van der Waals surface area contributed by atoms with Crippen LogP contribution in [-0.4, -0.2) is 92.2 Å². The van der Waals surface area contributed by atoms with Crippen LogP contribution in [0, 0.1) is 5.21 Å². The minimum absolute atomic E-state index is 0.0303. The number of hydrogen-bond acceptors (Lipinski definition) is 7. The first-order chi connectivity index (χ1) is 20.5. The third-order valence-electron chi connectivity index (χ3n) is 7.52. The highest BCUT2D eigenvalue weighted by atomic mass is 35.5. The Bertz CT molecular complexity index is 1740. The molecule has 3 aromatic carbocycles. The number of halogens is 1. The van der Waals surface area contributed by atoms with Gasteiger partial charge < -0.3 is 20.1 Å². The molecular weight excluding hydrogens is 590 g/mol. The number of hydrogen-bond donors (Lipinski definition) is 1. The maximum atomic E-state index is 13.8. The molecule has 43 heavy (non-hydrogen) atoms.